The SMILES string of the molecule is CC(=O)OOC(C)=O.CC1=C2C[C@H]3[C@@H](CCC4=CC(=O)CC[C@@]43C)[C@@H]2CC[C@@]2(C1)O[C@@H]1C[C@H](C)CN(CCOCCOCc3ccccc3)[C@H]1[C@H]2C.CC1=C2C[C@H]3[C@@H](CCC4=CC(=O)CC[C@@]43C)[C@@H]2CC[C@@]2(C1)O[C@@H]1C[C@H](C)CN[C@H]1[C@H]2C.ClCCl.O=CCOCCOCc1ccccc1.[B-]OC(C)=O.[Na+]. The van der Waals surface area contributed by atoms with Crippen LogP contribution in [0.1, 0.15) is 203 Å². The molecule has 0 aromatic heterocycles. The van der Waals surface area contributed by atoms with Crippen molar-refractivity contribution >= 4 is 67.0 Å². The van der Waals surface area contributed by atoms with Crippen LogP contribution in [-0.4, -0.2) is 149 Å². The number of nitrogens with zero attached hydrogens (tertiary/aromatic N) is 1. The molecule has 4 heterocycles. The van der Waals surface area contributed by atoms with E-state index in [-0.39, 0.29) is 63.5 Å². The quantitative estimate of drug-likeness (QED) is 0.0335. The molecule has 4 aliphatic heterocycles. The molecule has 0 amide bonds. The number of carbonyl (C=O) groups excluding carboxylic acids is 6. The molecule has 18 atom stereocenters. The van der Waals surface area contributed by atoms with Gasteiger partial charge in [-0.2, -0.15) is 0 Å². The van der Waals surface area contributed by atoms with Gasteiger partial charge in [0.05, 0.1) is 75.0 Å². The summed E-state index contributed by atoms with van der Waals surface area (Å²) in [5.74, 6) is 5.97. The van der Waals surface area contributed by atoms with Gasteiger partial charge in [0.25, 0.3) is 0 Å². The first-order valence-electron chi connectivity index (χ1n) is 39.2. The maximum atomic E-state index is 12.3. The fourth-order valence-corrected chi connectivity index (χ4v) is 21.2. The molecule has 2 aromatic carbocycles. The van der Waals surface area contributed by atoms with Crippen LogP contribution in [0.25, 0.3) is 0 Å². The van der Waals surface area contributed by atoms with E-state index in [9.17, 15) is 28.8 Å². The van der Waals surface area contributed by atoms with E-state index >= 15 is 0 Å². The third-order valence-corrected chi connectivity index (χ3v) is 26.2. The van der Waals surface area contributed by atoms with Crippen molar-refractivity contribution in [1.29, 1.82) is 0 Å². The van der Waals surface area contributed by atoms with Crippen molar-refractivity contribution < 1.29 is 101 Å². The second kappa shape index (κ2) is 41.1. The maximum Gasteiger partial charge on any atom is 1.00 e. The van der Waals surface area contributed by atoms with E-state index in [1.807, 2.05) is 48.6 Å². The number of likely N-dealkylation sites (tertiary alicyclic amines) is 1. The molecule has 8 aliphatic carbocycles. The summed E-state index contributed by atoms with van der Waals surface area (Å²) in [5.41, 5.74) is 12.6. The van der Waals surface area contributed by atoms with Crippen molar-refractivity contribution in [3.63, 3.8) is 0 Å². The summed E-state index contributed by atoms with van der Waals surface area (Å²) in [5, 5.41) is 4.04. The van der Waals surface area contributed by atoms with Crippen LogP contribution in [0.15, 0.2) is 106 Å². The Bertz CT molecular complexity index is 3360. The van der Waals surface area contributed by atoms with Crippen molar-refractivity contribution in [1.82, 2.24) is 10.2 Å². The third-order valence-electron chi connectivity index (χ3n) is 26.2. The van der Waals surface area contributed by atoms with Crippen LogP contribution in [0.5, 0.6) is 0 Å². The number of hydrogen-bond donors (Lipinski definition) is 1. The number of carbonyl (C=O) groups is 6. The van der Waals surface area contributed by atoms with Gasteiger partial charge in [0.2, 0.25) is 5.97 Å². The number of aldehydes is 1. The number of rotatable bonds is 15. The fraction of sp³-hybridized carbons (Fsp3) is 0.694. The predicted octanol–water partition coefficient (Wildman–Crippen LogP) is 12.7. The molecular formula is C85H121BCl2N2NaO15. The van der Waals surface area contributed by atoms with E-state index in [2.05, 4.69) is 112 Å². The van der Waals surface area contributed by atoms with Gasteiger partial charge < -0.3 is 51.2 Å². The summed E-state index contributed by atoms with van der Waals surface area (Å²) in [7, 11) is 4.32. The molecule has 4 saturated carbocycles. The molecule has 2 spiro atoms. The van der Waals surface area contributed by atoms with Gasteiger partial charge in [-0.05, 0) is 205 Å². The molecule has 8 fully saturated rings. The topological polar surface area (TPSA) is 201 Å². The molecule has 106 heavy (non-hydrogen) atoms. The van der Waals surface area contributed by atoms with Crippen LogP contribution in [0.4, 0.5) is 0 Å². The molecule has 2 aromatic rings. The van der Waals surface area contributed by atoms with Gasteiger partial charge in [0.15, 0.2) is 11.6 Å². The molecule has 17 nitrogen and oxygen atoms in total. The van der Waals surface area contributed by atoms with Gasteiger partial charge in [-0.25, -0.2) is 19.4 Å². The first-order valence-corrected chi connectivity index (χ1v) is 40.2. The van der Waals surface area contributed by atoms with Gasteiger partial charge in [0, 0.05) is 70.6 Å². The first kappa shape index (κ1) is 87.7. The van der Waals surface area contributed by atoms with Crippen LogP contribution in [0.2, 0.25) is 0 Å². The van der Waals surface area contributed by atoms with Crippen molar-refractivity contribution in [3.05, 3.63) is 117 Å². The maximum absolute atomic E-state index is 12.3. The van der Waals surface area contributed by atoms with Crippen LogP contribution in [-0.2, 0) is 84.8 Å². The smallest absolute Gasteiger partial charge is 0.793 e. The molecule has 0 unspecified atom stereocenters. The minimum Gasteiger partial charge on any atom is -0.793 e. The van der Waals surface area contributed by atoms with E-state index in [1.54, 1.807) is 22.3 Å². The number of alkyl halides is 2. The number of allylic oxidation sites excluding steroid dienone is 6. The van der Waals surface area contributed by atoms with Crippen LogP contribution >= 0.6 is 23.2 Å². The minimum atomic E-state index is -0.639. The zero-order valence-electron chi connectivity index (χ0n) is 65.7. The largest absolute Gasteiger partial charge is 1.00 e. The Balaban J connectivity index is 0.000000197. The van der Waals surface area contributed by atoms with Gasteiger partial charge in [-0.15, -0.1) is 23.2 Å². The predicted molar refractivity (Wildman–Crippen MR) is 408 cm³/mol. The molecular weight excluding hydrogens is 1390 g/mol. The van der Waals surface area contributed by atoms with E-state index < -0.39 is 17.9 Å². The first-order chi connectivity index (χ1) is 50.3. The monoisotopic (exact) mass is 1510 g/mol. The summed E-state index contributed by atoms with van der Waals surface area (Å²) in [6.45, 7) is 30.8. The summed E-state index contributed by atoms with van der Waals surface area (Å²) in [4.78, 5) is 73.8. The Kier molecular flexibility index (Phi) is 34.0. The fourth-order valence-electron chi connectivity index (χ4n) is 21.2. The van der Waals surface area contributed by atoms with Gasteiger partial charge in [-0.3, -0.25) is 19.3 Å². The molecule has 4 saturated heterocycles. The van der Waals surface area contributed by atoms with Gasteiger partial charge in [-0.1, -0.05) is 136 Å². The van der Waals surface area contributed by atoms with Crippen molar-refractivity contribution in [2.45, 2.75) is 240 Å². The van der Waals surface area contributed by atoms with Gasteiger partial charge in [0.1, 0.15) is 12.9 Å². The van der Waals surface area contributed by atoms with E-state index in [4.69, 9.17) is 51.6 Å². The number of benzene rings is 2. The summed E-state index contributed by atoms with van der Waals surface area (Å²) < 4.78 is 40.1. The van der Waals surface area contributed by atoms with E-state index in [0.29, 0.717) is 105 Å². The second-order valence-electron chi connectivity index (χ2n) is 32.8. The van der Waals surface area contributed by atoms with Crippen molar-refractivity contribution in [3.8, 4) is 0 Å². The molecule has 14 rings (SSSR count). The summed E-state index contributed by atoms with van der Waals surface area (Å²) in [6.07, 6.45) is 26.2. The number of ketones is 2. The Hall–Kier alpha value is -3.86. The molecule has 0 bridgehead atoms. The normalized spacial score (nSPS) is 34.2. The summed E-state index contributed by atoms with van der Waals surface area (Å²) in [6, 6.07) is 21.3. The van der Waals surface area contributed by atoms with E-state index in [1.165, 1.54) is 87.8 Å². The van der Waals surface area contributed by atoms with Gasteiger partial charge >= 0.3 is 41.5 Å². The zero-order chi connectivity index (χ0) is 75.6. The zero-order valence-corrected chi connectivity index (χ0v) is 69.2. The number of ether oxygens (including phenoxy) is 6. The van der Waals surface area contributed by atoms with Crippen molar-refractivity contribution in [2.24, 2.45) is 70.0 Å². The number of fused-ring (bicyclic) bond motifs is 12. The molecule has 1 N–H and O–H groups in total. The molecule has 579 valence electrons. The Morgan fingerprint density at radius 2 is 1.07 bits per heavy atom. The number of piperidine rings is 2. The third kappa shape index (κ3) is 21.9. The van der Waals surface area contributed by atoms with Crippen molar-refractivity contribution in [2.75, 3.05) is 64.6 Å². The summed E-state index contributed by atoms with van der Waals surface area (Å²) >= 11 is 9.53. The number of halogens is 2. The Morgan fingerprint density at radius 1 is 0.613 bits per heavy atom. The molecule has 21 heteroatoms. The standard InChI is InChI=1S/C39H55NO4.C28H41NO2.C11H14O3.C4H6O4.C2H3BO2.CH2Cl2.Na/c1-26-20-36-37(40(24-26)16-17-42-18-19-43-25-29-8-6-5-7-9-29)28(3)39(44-36)15-13-32-33-11-10-30-21-31(41)12-14-38(30,4)35(33)22-34(32)27(2)23-39;1-16-11-25-26(29-15-16)18(3)28(31-25)10-8-21-22-6-5-19-12-20(30)7-9-27(19,4)24(22)13-23(21)17(2)14-28;12-6-7-13-8-9-14-10-11-4-2-1-3-5-11;1-3(5)7-8-4(2)6;1-2(4)5-3;2-1-3;/h5-9,21,26,28,32-33,35-37H,10-20,22-25H2,1-4H3;12,16,18,21-22,24-26,29H,5-11,13-15H2,1-4H3;1-6H,7-10H2;1-2H3;1H3;1H2;/q;;;;-1;;+1/t26-,28+,32-,33-,35-,36+,37-,38-,39-;16-,18+,21-,22-,24-,25+,26-,27-,28-;;;;;/m00...../s1. The van der Waals surface area contributed by atoms with Crippen LogP contribution < -0.4 is 34.9 Å². The Morgan fingerprint density at radius 3 is 1.54 bits per heavy atom. The molecule has 3 radical (unpaired) electrons. The van der Waals surface area contributed by atoms with Crippen LogP contribution in [0.3, 0.4) is 0 Å². The minimum absolute atomic E-state index is 0. The molecule has 12 aliphatic rings. The number of nitrogens with one attached hydrogen (secondary N) is 1. The van der Waals surface area contributed by atoms with Crippen LogP contribution in [0, 0.1) is 70.0 Å². The Labute approximate surface area is 666 Å². The average Bonchev–Trinajstić information content (AvgIpc) is 1.56. The second-order valence-corrected chi connectivity index (χ2v) is 33.6. The van der Waals surface area contributed by atoms with E-state index in [0.717, 1.165) is 133 Å². The average molecular weight is 1520 g/mol. The number of hydrogen-bond acceptors (Lipinski definition) is 17.